The molecule has 1 aromatic rings. The standard InChI is InChI=1S/C13H21N5O2/c1-8(11(19)17-13(2,3)4)16-12(20)10-6-5-9(18-14)7-15-10/h5-8,18H,14H2,1-4H3,(H,16,20)(H,17,19). The predicted octanol–water partition coefficient (Wildman–Crippen LogP) is 0.400. The molecule has 20 heavy (non-hydrogen) atoms. The third kappa shape index (κ3) is 4.85. The van der Waals surface area contributed by atoms with Gasteiger partial charge in [-0.1, -0.05) is 0 Å². The average Bonchev–Trinajstić information content (AvgIpc) is 2.36. The van der Waals surface area contributed by atoms with Gasteiger partial charge >= 0.3 is 0 Å². The van der Waals surface area contributed by atoms with Crippen molar-refractivity contribution in [3.8, 4) is 0 Å². The molecule has 0 spiro atoms. The molecular formula is C13H21N5O2. The first-order chi connectivity index (χ1) is 9.23. The molecule has 0 saturated heterocycles. The lowest BCUT2D eigenvalue weighted by molar-refractivity contribution is -0.124. The summed E-state index contributed by atoms with van der Waals surface area (Å²) in [5.74, 6) is 4.56. The highest BCUT2D eigenvalue weighted by Crippen LogP contribution is 2.04. The number of aromatic nitrogens is 1. The van der Waals surface area contributed by atoms with E-state index in [2.05, 4.69) is 21.0 Å². The maximum Gasteiger partial charge on any atom is 0.270 e. The minimum atomic E-state index is -0.643. The second-order valence-corrected chi connectivity index (χ2v) is 5.51. The van der Waals surface area contributed by atoms with Gasteiger partial charge in [0.25, 0.3) is 5.91 Å². The van der Waals surface area contributed by atoms with E-state index < -0.39 is 11.9 Å². The van der Waals surface area contributed by atoms with Gasteiger partial charge in [0.1, 0.15) is 11.7 Å². The third-order valence-electron chi connectivity index (χ3n) is 2.40. The number of pyridine rings is 1. The first kappa shape index (κ1) is 15.9. The van der Waals surface area contributed by atoms with Crippen molar-refractivity contribution in [1.29, 1.82) is 0 Å². The number of nitrogen functional groups attached to an aromatic ring is 1. The first-order valence-corrected chi connectivity index (χ1v) is 6.28. The van der Waals surface area contributed by atoms with Gasteiger partial charge in [-0.2, -0.15) is 0 Å². The van der Waals surface area contributed by atoms with Gasteiger partial charge in [-0.05, 0) is 39.8 Å². The summed E-state index contributed by atoms with van der Waals surface area (Å²) >= 11 is 0. The van der Waals surface area contributed by atoms with E-state index in [1.54, 1.807) is 13.0 Å². The second kappa shape index (κ2) is 6.33. The molecule has 1 rings (SSSR count). The van der Waals surface area contributed by atoms with Crippen LogP contribution in [-0.4, -0.2) is 28.4 Å². The van der Waals surface area contributed by atoms with E-state index in [1.807, 2.05) is 20.8 Å². The van der Waals surface area contributed by atoms with Crippen LogP contribution < -0.4 is 21.9 Å². The summed E-state index contributed by atoms with van der Waals surface area (Å²) in [7, 11) is 0. The molecule has 0 radical (unpaired) electrons. The van der Waals surface area contributed by atoms with Gasteiger partial charge in [-0.15, -0.1) is 0 Å². The van der Waals surface area contributed by atoms with E-state index in [0.717, 1.165) is 0 Å². The fraction of sp³-hybridized carbons (Fsp3) is 0.462. The molecule has 5 N–H and O–H groups in total. The van der Waals surface area contributed by atoms with Crippen LogP contribution in [0.4, 0.5) is 5.69 Å². The molecule has 0 saturated carbocycles. The highest BCUT2D eigenvalue weighted by Gasteiger charge is 2.21. The lowest BCUT2D eigenvalue weighted by Crippen LogP contribution is -2.50. The lowest BCUT2D eigenvalue weighted by Gasteiger charge is -2.23. The Labute approximate surface area is 118 Å². The molecule has 1 unspecified atom stereocenters. The normalized spacial score (nSPS) is 12.4. The summed E-state index contributed by atoms with van der Waals surface area (Å²) in [6.07, 6.45) is 1.44. The molecule has 1 heterocycles. The number of carbonyl (C=O) groups excluding carboxylic acids is 2. The molecule has 0 aromatic carbocycles. The van der Waals surface area contributed by atoms with Crippen LogP contribution in [0.2, 0.25) is 0 Å². The molecule has 7 nitrogen and oxygen atoms in total. The SMILES string of the molecule is CC(NC(=O)c1ccc(NN)cn1)C(=O)NC(C)(C)C. The van der Waals surface area contributed by atoms with Crippen molar-refractivity contribution < 1.29 is 9.59 Å². The highest BCUT2D eigenvalue weighted by molar-refractivity contribution is 5.96. The number of rotatable bonds is 4. The van der Waals surface area contributed by atoms with Crippen molar-refractivity contribution in [2.75, 3.05) is 5.43 Å². The van der Waals surface area contributed by atoms with Crippen LogP contribution in [0.25, 0.3) is 0 Å². The molecule has 0 aliphatic carbocycles. The fourth-order valence-electron chi connectivity index (χ4n) is 1.43. The van der Waals surface area contributed by atoms with Crippen LogP contribution in [0.1, 0.15) is 38.2 Å². The van der Waals surface area contributed by atoms with Gasteiger partial charge in [-0.25, -0.2) is 4.98 Å². The topological polar surface area (TPSA) is 109 Å². The maximum atomic E-state index is 11.9. The quantitative estimate of drug-likeness (QED) is 0.471. The minimum absolute atomic E-state index is 0.222. The van der Waals surface area contributed by atoms with Crippen LogP contribution in [0, 0.1) is 0 Å². The molecule has 1 aromatic heterocycles. The van der Waals surface area contributed by atoms with Gasteiger partial charge < -0.3 is 16.1 Å². The van der Waals surface area contributed by atoms with E-state index in [4.69, 9.17) is 5.84 Å². The summed E-state index contributed by atoms with van der Waals surface area (Å²) in [5, 5.41) is 5.38. The van der Waals surface area contributed by atoms with Gasteiger partial charge in [0.05, 0.1) is 11.9 Å². The van der Waals surface area contributed by atoms with Crippen molar-refractivity contribution in [1.82, 2.24) is 15.6 Å². The van der Waals surface area contributed by atoms with Crippen LogP contribution in [0.5, 0.6) is 0 Å². The fourth-order valence-corrected chi connectivity index (χ4v) is 1.43. The molecule has 0 aliphatic heterocycles. The number of nitrogens with zero attached hydrogens (tertiary/aromatic N) is 1. The summed E-state index contributed by atoms with van der Waals surface area (Å²) < 4.78 is 0. The van der Waals surface area contributed by atoms with Gasteiger partial charge in [-0.3, -0.25) is 15.4 Å². The number of hydrazine groups is 1. The van der Waals surface area contributed by atoms with Crippen LogP contribution in [0.3, 0.4) is 0 Å². The van der Waals surface area contributed by atoms with Crippen LogP contribution in [-0.2, 0) is 4.79 Å². The Kier molecular flexibility index (Phi) is 5.04. The largest absolute Gasteiger partial charge is 0.350 e. The van der Waals surface area contributed by atoms with E-state index in [-0.39, 0.29) is 17.1 Å². The van der Waals surface area contributed by atoms with E-state index in [9.17, 15) is 9.59 Å². The zero-order valence-corrected chi connectivity index (χ0v) is 12.2. The van der Waals surface area contributed by atoms with Crippen molar-refractivity contribution >= 4 is 17.5 Å². The minimum Gasteiger partial charge on any atom is -0.350 e. The first-order valence-electron chi connectivity index (χ1n) is 6.28. The number of nitrogens with two attached hydrogens (primary N) is 1. The number of hydrogen-bond acceptors (Lipinski definition) is 5. The van der Waals surface area contributed by atoms with Crippen molar-refractivity contribution in [2.45, 2.75) is 39.3 Å². The van der Waals surface area contributed by atoms with Gasteiger partial charge in [0, 0.05) is 5.54 Å². The smallest absolute Gasteiger partial charge is 0.270 e. The monoisotopic (exact) mass is 279 g/mol. The third-order valence-corrected chi connectivity index (χ3v) is 2.40. The summed E-state index contributed by atoms with van der Waals surface area (Å²) in [6.45, 7) is 7.24. The Balaban J connectivity index is 2.62. The molecule has 7 heteroatoms. The molecular weight excluding hydrogens is 258 g/mol. The number of anilines is 1. The Morgan fingerprint density at radius 3 is 2.40 bits per heavy atom. The number of carbonyl (C=O) groups is 2. The Bertz CT molecular complexity index is 479. The predicted molar refractivity (Wildman–Crippen MR) is 76.9 cm³/mol. The molecule has 2 amide bonds. The summed E-state index contributed by atoms with van der Waals surface area (Å²) in [6, 6.07) is 2.51. The van der Waals surface area contributed by atoms with Crippen molar-refractivity contribution in [2.24, 2.45) is 5.84 Å². The Morgan fingerprint density at radius 1 is 1.30 bits per heavy atom. The van der Waals surface area contributed by atoms with Crippen LogP contribution >= 0.6 is 0 Å². The van der Waals surface area contributed by atoms with Gasteiger partial charge in [0.15, 0.2) is 0 Å². The zero-order chi connectivity index (χ0) is 15.3. The number of nitrogens with one attached hydrogen (secondary N) is 3. The molecule has 0 aliphatic rings. The van der Waals surface area contributed by atoms with E-state index in [1.165, 1.54) is 12.3 Å². The zero-order valence-electron chi connectivity index (χ0n) is 12.2. The Hall–Kier alpha value is -2.15. The summed E-state index contributed by atoms with van der Waals surface area (Å²) in [5.41, 5.74) is 2.89. The highest BCUT2D eigenvalue weighted by atomic mass is 16.2. The lowest BCUT2D eigenvalue weighted by atomic mass is 10.1. The second-order valence-electron chi connectivity index (χ2n) is 5.51. The molecule has 0 fully saturated rings. The maximum absolute atomic E-state index is 11.9. The molecule has 0 bridgehead atoms. The van der Waals surface area contributed by atoms with Crippen molar-refractivity contribution in [3.05, 3.63) is 24.0 Å². The summed E-state index contributed by atoms with van der Waals surface area (Å²) in [4.78, 5) is 27.7. The molecule has 1 atom stereocenters. The van der Waals surface area contributed by atoms with Gasteiger partial charge in [0.2, 0.25) is 5.91 Å². The average molecular weight is 279 g/mol. The number of hydrogen-bond donors (Lipinski definition) is 4. The number of amides is 2. The Morgan fingerprint density at radius 2 is 1.95 bits per heavy atom. The van der Waals surface area contributed by atoms with E-state index in [0.29, 0.717) is 5.69 Å². The van der Waals surface area contributed by atoms with E-state index >= 15 is 0 Å². The molecule has 110 valence electrons. The van der Waals surface area contributed by atoms with Crippen molar-refractivity contribution in [3.63, 3.8) is 0 Å². The van der Waals surface area contributed by atoms with Crippen LogP contribution in [0.15, 0.2) is 18.3 Å².